The number of nitrogens with one attached hydrogen (secondary N) is 2. The quantitative estimate of drug-likeness (QED) is 0.845. The number of benzene rings is 1. The molecule has 2 N–H and O–H groups in total. The number of aromatic nitrogens is 2. The van der Waals surface area contributed by atoms with Crippen molar-refractivity contribution < 1.29 is 19.0 Å². The summed E-state index contributed by atoms with van der Waals surface area (Å²) in [5.74, 6) is 2.07. The van der Waals surface area contributed by atoms with Crippen LogP contribution in [0.4, 0.5) is 22.1 Å². The Labute approximate surface area is 133 Å². The number of anilines is 3. The van der Waals surface area contributed by atoms with Gasteiger partial charge < -0.3 is 19.5 Å². The van der Waals surface area contributed by atoms with E-state index in [1.54, 1.807) is 45.4 Å². The fraction of sp³-hybridized carbons (Fsp3) is 0.267. The van der Waals surface area contributed by atoms with Gasteiger partial charge in [0.1, 0.15) is 0 Å². The second-order valence-corrected chi connectivity index (χ2v) is 4.34. The first-order valence-corrected chi connectivity index (χ1v) is 6.92. The van der Waals surface area contributed by atoms with Gasteiger partial charge >= 0.3 is 6.09 Å². The standard InChI is InChI=1S/C15H18N4O4/c1-4-23-15(20)17-14-8-7-13(18-19-14)16-10-5-6-11(21-2)12(9-10)22-3/h5-9H,4H2,1-3H3,(H,16,18)(H,17,19,20). The highest BCUT2D eigenvalue weighted by atomic mass is 16.5. The molecule has 0 aliphatic heterocycles. The summed E-state index contributed by atoms with van der Waals surface area (Å²) in [7, 11) is 3.14. The maximum absolute atomic E-state index is 11.3. The van der Waals surface area contributed by atoms with Gasteiger partial charge in [-0.25, -0.2) is 4.79 Å². The number of amides is 1. The topological polar surface area (TPSA) is 94.6 Å². The SMILES string of the molecule is CCOC(=O)Nc1ccc(Nc2ccc(OC)c(OC)c2)nn1. The molecule has 1 amide bonds. The van der Waals surface area contributed by atoms with Gasteiger partial charge in [-0.2, -0.15) is 0 Å². The molecular formula is C15H18N4O4. The van der Waals surface area contributed by atoms with Gasteiger partial charge in [-0.3, -0.25) is 5.32 Å². The smallest absolute Gasteiger partial charge is 0.412 e. The molecule has 0 atom stereocenters. The number of hydrogen-bond donors (Lipinski definition) is 2. The van der Waals surface area contributed by atoms with Gasteiger partial charge in [-0.15, -0.1) is 10.2 Å². The molecule has 0 fully saturated rings. The fourth-order valence-electron chi connectivity index (χ4n) is 1.80. The molecule has 1 aromatic heterocycles. The number of hydrogen-bond acceptors (Lipinski definition) is 7. The van der Waals surface area contributed by atoms with Crippen molar-refractivity contribution in [2.24, 2.45) is 0 Å². The molecule has 2 aromatic rings. The molecular weight excluding hydrogens is 300 g/mol. The first kappa shape index (κ1) is 16.3. The second kappa shape index (κ2) is 7.83. The Morgan fingerprint density at radius 3 is 2.35 bits per heavy atom. The molecule has 2 rings (SSSR count). The van der Waals surface area contributed by atoms with Gasteiger partial charge in [0.2, 0.25) is 0 Å². The molecule has 8 nitrogen and oxygen atoms in total. The lowest BCUT2D eigenvalue weighted by Crippen LogP contribution is -2.14. The molecule has 0 aliphatic rings. The largest absolute Gasteiger partial charge is 0.493 e. The van der Waals surface area contributed by atoms with Crippen molar-refractivity contribution >= 4 is 23.4 Å². The van der Waals surface area contributed by atoms with Crippen molar-refractivity contribution in [1.29, 1.82) is 0 Å². The maximum atomic E-state index is 11.3. The van der Waals surface area contributed by atoms with Crippen LogP contribution in [0.2, 0.25) is 0 Å². The van der Waals surface area contributed by atoms with Crippen LogP contribution in [-0.4, -0.2) is 37.1 Å². The van der Waals surface area contributed by atoms with Crippen LogP contribution in [0, 0.1) is 0 Å². The summed E-state index contributed by atoms with van der Waals surface area (Å²) in [6, 6.07) is 8.70. The third kappa shape index (κ3) is 4.47. The Hall–Kier alpha value is -3.03. The normalized spacial score (nSPS) is 9.87. The molecule has 0 spiro atoms. The first-order chi connectivity index (χ1) is 11.2. The summed E-state index contributed by atoms with van der Waals surface area (Å²) < 4.78 is 15.2. The minimum atomic E-state index is -0.567. The minimum absolute atomic E-state index is 0.290. The van der Waals surface area contributed by atoms with Gasteiger partial charge in [0.15, 0.2) is 23.1 Å². The highest BCUT2D eigenvalue weighted by Gasteiger charge is 2.07. The van der Waals surface area contributed by atoms with Crippen molar-refractivity contribution in [3.63, 3.8) is 0 Å². The monoisotopic (exact) mass is 318 g/mol. The molecule has 23 heavy (non-hydrogen) atoms. The van der Waals surface area contributed by atoms with Crippen LogP contribution in [0.3, 0.4) is 0 Å². The molecule has 0 saturated carbocycles. The van der Waals surface area contributed by atoms with Gasteiger partial charge in [0, 0.05) is 11.8 Å². The zero-order valence-corrected chi connectivity index (χ0v) is 13.1. The first-order valence-electron chi connectivity index (χ1n) is 6.92. The van der Waals surface area contributed by atoms with Gasteiger partial charge in [-0.05, 0) is 31.2 Å². The minimum Gasteiger partial charge on any atom is -0.493 e. The van der Waals surface area contributed by atoms with E-state index >= 15 is 0 Å². The van der Waals surface area contributed by atoms with E-state index in [1.165, 1.54) is 0 Å². The Morgan fingerprint density at radius 1 is 1.04 bits per heavy atom. The number of carbonyl (C=O) groups excluding carboxylic acids is 1. The van der Waals surface area contributed by atoms with Crippen LogP contribution < -0.4 is 20.1 Å². The van der Waals surface area contributed by atoms with E-state index in [2.05, 4.69) is 20.8 Å². The van der Waals surface area contributed by atoms with Crippen molar-refractivity contribution in [3.05, 3.63) is 30.3 Å². The van der Waals surface area contributed by atoms with E-state index < -0.39 is 6.09 Å². The number of rotatable bonds is 6. The molecule has 8 heteroatoms. The average Bonchev–Trinajstić information content (AvgIpc) is 2.56. The summed E-state index contributed by atoms with van der Waals surface area (Å²) in [5.41, 5.74) is 0.767. The average molecular weight is 318 g/mol. The molecule has 122 valence electrons. The number of carbonyl (C=O) groups is 1. The van der Waals surface area contributed by atoms with Gasteiger partial charge in [0.05, 0.1) is 20.8 Å². The highest BCUT2D eigenvalue weighted by Crippen LogP contribution is 2.30. The van der Waals surface area contributed by atoms with Crippen molar-refractivity contribution in [3.8, 4) is 11.5 Å². The van der Waals surface area contributed by atoms with E-state index in [4.69, 9.17) is 14.2 Å². The van der Waals surface area contributed by atoms with Crippen LogP contribution in [0.5, 0.6) is 11.5 Å². The summed E-state index contributed by atoms with van der Waals surface area (Å²) >= 11 is 0. The Bertz CT molecular complexity index is 661. The molecule has 0 unspecified atom stereocenters. The summed E-state index contributed by atoms with van der Waals surface area (Å²) in [6.07, 6.45) is -0.567. The van der Waals surface area contributed by atoms with E-state index in [0.29, 0.717) is 23.1 Å². The summed E-state index contributed by atoms with van der Waals surface area (Å²) in [6.45, 7) is 2.01. The zero-order chi connectivity index (χ0) is 16.7. The van der Waals surface area contributed by atoms with Crippen molar-refractivity contribution in [2.45, 2.75) is 6.92 Å². The Morgan fingerprint density at radius 2 is 1.74 bits per heavy atom. The van der Waals surface area contributed by atoms with Crippen LogP contribution >= 0.6 is 0 Å². The van der Waals surface area contributed by atoms with E-state index in [9.17, 15) is 4.79 Å². The van der Waals surface area contributed by atoms with E-state index in [-0.39, 0.29) is 6.61 Å². The highest BCUT2D eigenvalue weighted by molar-refractivity contribution is 5.83. The Kier molecular flexibility index (Phi) is 5.56. The summed E-state index contributed by atoms with van der Waals surface area (Å²) in [4.78, 5) is 11.3. The zero-order valence-electron chi connectivity index (χ0n) is 13.1. The molecule has 1 aromatic carbocycles. The summed E-state index contributed by atoms with van der Waals surface area (Å²) in [5, 5.41) is 13.4. The molecule has 0 saturated heterocycles. The Balaban J connectivity index is 2.04. The fourth-order valence-corrected chi connectivity index (χ4v) is 1.80. The van der Waals surface area contributed by atoms with E-state index in [1.807, 2.05) is 6.07 Å². The van der Waals surface area contributed by atoms with Crippen molar-refractivity contribution in [1.82, 2.24) is 10.2 Å². The maximum Gasteiger partial charge on any atom is 0.412 e. The van der Waals surface area contributed by atoms with Crippen LogP contribution in [0.25, 0.3) is 0 Å². The molecule has 0 radical (unpaired) electrons. The van der Waals surface area contributed by atoms with E-state index in [0.717, 1.165) is 5.69 Å². The third-order valence-electron chi connectivity index (χ3n) is 2.83. The molecule has 1 heterocycles. The number of ether oxygens (including phenoxy) is 3. The van der Waals surface area contributed by atoms with Crippen molar-refractivity contribution in [2.75, 3.05) is 31.5 Å². The molecule has 0 aliphatic carbocycles. The van der Waals surface area contributed by atoms with Crippen LogP contribution in [0.1, 0.15) is 6.92 Å². The van der Waals surface area contributed by atoms with Crippen LogP contribution in [0.15, 0.2) is 30.3 Å². The lowest BCUT2D eigenvalue weighted by molar-refractivity contribution is 0.168. The lowest BCUT2D eigenvalue weighted by Gasteiger charge is -2.11. The third-order valence-corrected chi connectivity index (χ3v) is 2.83. The van der Waals surface area contributed by atoms with Gasteiger partial charge in [-0.1, -0.05) is 0 Å². The van der Waals surface area contributed by atoms with Crippen LogP contribution in [-0.2, 0) is 4.74 Å². The second-order valence-electron chi connectivity index (χ2n) is 4.34. The van der Waals surface area contributed by atoms with Gasteiger partial charge in [0.25, 0.3) is 0 Å². The molecule has 0 bridgehead atoms. The predicted octanol–water partition coefficient (Wildman–Crippen LogP) is 2.81. The predicted molar refractivity (Wildman–Crippen MR) is 85.5 cm³/mol. The number of nitrogens with zero attached hydrogens (tertiary/aromatic N) is 2. The lowest BCUT2D eigenvalue weighted by atomic mass is 10.2. The number of methoxy groups -OCH3 is 2.